The fourth-order valence-corrected chi connectivity index (χ4v) is 5.57. The average Bonchev–Trinajstić information content (AvgIpc) is 3.22. The van der Waals surface area contributed by atoms with Crippen LogP contribution in [0.15, 0.2) is 62.5 Å². The minimum atomic E-state index is -0.676. The van der Waals surface area contributed by atoms with E-state index in [4.69, 9.17) is 16.0 Å². The number of halogens is 1. The van der Waals surface area contributed by atoms with E-state index in [1.54, 1.807) is 24.1 Å². The summed E-state index contributed by atoms with van der Waals surface area (Å²) in [4.78, 5) is 30.6. The molecule has 4 heterocycles. The molecule has 6 nitrogen and oxygen atoms in total. The van der Waals surface area contributed by atoms with Gasteiger partial charge in [0.1, 0.15) is 17.2 Å². The van der Waals surface area contributed by atoms with Crippen LogP contribution in [0.1, 0.15) is 28.4 Å². The molecule has 0 saturated carbocycles. The molecule has 4 aromatic rings. The zero-order chi connectivity index (χ0) is 20.4. The number of fused-ring (bicyclic) bond motifs is 6. The zero-order valence-electron chi connectivity index (χ0n) is 15.5. The number of hydrogen-bond donors (Lipinski definition) is 1. The maximum atomic E-state index is 13.2. The highest BCUT2D eigenvalue weighted by atomic mass is 35.5. The third-order valence-corrected chi connectivity index (χ3v) is 6.97. The van der Waals surface area contributed by atoms with Gasteiger partial charge in [-0.2, -0.15) is 4.98 Å². The molecule has 0 amide bonds. The summed E-state index contributed by atoms with van der Waals surface area (Å²) >= 11 is 8.14. The predicted molar refractivity (Wildman–Crippen MR) is 118 cm³/mol. The Morgan fingerprint density at radius 2 is 1.90 bits per heavy atom. The van der Waals surface area contributed by atoms with Crippen molar-refractivity contribution < 1.29 is 4.42 Å². The summed E-state index contributed by atoms with van der Waals surface area (Å²) in [5.74, 6) is 1.54. The molecule has 30 heavy (non-hydrogen) atoms. The number of nitrogens with one attached hydrogen (secondary N) is 1. The van der Waals surface area contributed by atoms with Crippen molar-refractivity contribution in [3.8, 4) is 0 Å². The van der Waals surface area contributed by atoms with E-state index >= 15 is 0 Å². The molecule has 2 aliphatic rings. The second-order valence-corrected chi connectivity index (χ2v) is 8.67. The van der Waals surface area contributed by atoms with Crippen LogP contribution in [0.2, 0.25) is 5.02 Å². The number of aromatic nitrogens is 2. The molecule has 8 heteroatoms. The van der Waals surface area contributed by atoms with E-state index in [0.717, 1.165) is 23.4 Å². The summed E-state index contributed by atoms with van der Waals surface area (Å²) in [7, 11) is 0. The largest absolute Gasteiger partial charge is 0.422 e. The highest BCUT2D eigenvalue weighted by Crippen LogP contribution is 2.47. The normalized spacial score (nSPS) is 16.6. The molecule has 0 aliphatic carbocycles. The molecule has 0 bridgehead atoms. The predicted octanol–water partition coefficient (Wildman–Crippen LogP) is 4.29. The number of benzene rings is 2. The van der Waals surface area contributed by atoms with Crippen LogP contribution in [0.4, 0.5) is 11.5 Å². The third kappa shape index (κ3) is 2.42. The monoisotopic (exact) mass is 435 g/mol. The van der Waals surface area contributed by atoms with Crippen LogP contribution in [0.5, 0.6) is 0 Å². The summed E-state index contributed by atoms with van der Waals surface area (Å²) in [5.41, 5.74) is 1.74. The van der Waals surface area contributed by atoms with Gasteiger partial charge in [-0.1, -0.05) is 41.9 Å². The number of nitrogens with zero attached hydrogens (tertiary/aromatic N) is 2. The Bertz CT molecular complexity index is 1480. The van der Waals surface area contributed by atoms with Gasteiger partial charge in [0.2, 0.25) is 0 Å². The lowest BCUT2D eigenvalue weighted by Crippen LogP contribution is -2.31. The van der Waals surface area contributed by atoms with Gasteiger partial charge in [-0.15, -0.1) is 0 Å². The molecule has 6 rings (SSSR count). The lowest BCUT2D eigenvalue weighted by atomic mass is 9.82. The minimum Gasteiger partial charge on any atom is -0.422 e. The Morgan fingerprint density at radius 3 is 2.77 bits per heavy atom. The molecule has 2 aromatic heterocycles. The Morgan fingerprint density at radius 1 is 1.10 bits per heavy atom. The van der Waals surface area contributed by atoms with E-state index in [-0.39, 0.29) is 5.56 Å². The molecule has 0 radical (unpaired) electrons. The first-order valence-electron chi connectivity index (χ1n) is 9.50. The van der Waals surface area contributed by atoms with Crippen LogP contribution in [-0.2, 0) is 6.42 Å². The molecular formula is C22H14ClN3O3S. The number of rotatable bonds is 1. The van der Waals surface area contributed by atoms with Gasteiger partial charge in [0.25, 0.3) is 5.56 Å². The van der Waals surface area contributed by atoms with E-state index in [2.05, 4.69) is 10.3 Å². The van der Waals surface area contributed by atoms with Crippen LogP contribution in [-0.4, -0.2) is 14.7 Å². The van der Waals surface area contributed by atoms with Crippen LogP contribution < -0.4 is 16.5 Å². The van der Waals surface area contributed by atoms with E-state index in [0.29, 0.717) is 38.8 Å². The molecule has 2 aliphatic heterocycles. The van der Waals surface area contributed by atoms with Gasteiger partial charge < -0.3 is 9.73 Å². The van der Waals surface area contributed by atoms with Crippen molar-refractivity contribution in [3.63, 3.8) is 0 Å². The molecule has 1 N–H and O–H groups in total. The first kappa shape index (κ1) is 17.8. The molecule has 0 fully saturated rings. The van der Waals surface area contributed by atoms with E-state index < -0.39 is 11.5 Å². The number of aryl methyl sites for hydroxylation is 1. The molecular weight excluding hydrogens is 422 g/mol. The van der Waals surface area contributed by atoms with E-state index in [9.17, 15) is 9.59 Å². The second kappa shape index (κ2) is 6.48. The Kier molecular flexibility index (Phi) is 3.85. The number of anilines is 2. The minimum absolute atomic E-state index is 0.352. The van der Waals surface area contributed by atoms with Gasteiger partial charge in [-0.3, -0.25) is 8.77 Å². The smallest absolute Gasteiger partial charge is 0.342 e. The van der Waals surface area contributed by atoms with Crippen molar-refractivity contribution in [1.29, 1.82) is 0 Å². The summed E-state index contributed by atoms with van der Waals surface area (Å²) in [5, 5.41) is 4.64. The maximum absolute atomic E-state index is 13.2. The Balaban J connectivity index is 1.78. The highest BCUT2D eigenvalue weighted by Gasteiger charge is 2.38. The molecule has 1 atom stereocenters. The molecule has 148 valence electrons. The second-order valence-electron chi connectivity index (χ2n) is 7.23. The SMILES string of the molecule is O=c1nc2n(c3c1C(c1ccccc1Cl)c1c(c4ccccc4oc1=O)N3)SCC2. The van der Waals surface area contributed by atoms with Crippen molar-refractivity contribution in [2.24, 2.45) is 0 Å². The number of para-hydroxylation sites is 1. The lowest BCUT2D eigenvalue weighted by molar-refractivity contribution is 0.548. The van der Waals surface area contributed by atoms with Crippen molar-refractivity contribution in [2.45, 2.75) is 12.3 Å². The first-order chi connectivity index (χ1) is 14.6. The molecule has 2 aromatic carbocycles. The summed E-state index contributed by atoms with van der Waals surface area (Å²) in [6, 6.07) is 14.6. The zero-order valence-corrected chi connectivity index (χ0v) is 17.1. The van der Waals surface area contributed by atoms with Crippen LogP contribution >= 0.6 is 23.5 Å². The molecule has 0 saturated heterocycles. The van der Waals surface area contributed by atoms with Crippen molar-refractivity contribution in [1.82, 2.24) is 8.96 Å². The fourth-order valence-electron chi connectivity index (χ4n) is 4.31. The van der Waals surface area contributed by atoms with Gasteiger partial charge in [0.05, 0.1) is 22.7 Å². The summed E-state index contributed by atoms with van der Waals surface area (Å²) in [6.45, 7) is 0. The highest BCUT2D eigenvalue weighted by molar-refractivity contribution is 7.98. The van der Waals surface area contributed by atoms with E-state index in [1.165, 1.54) is 0 Å². The number of hydrogen-bond acceptors (Lipinski definition) is 6. The van der Waals surface area contributed by atoms with Crippen molar-refractivity contribution in [2.75, 3.05) is 11.1 Å². The van der Waals surface area contributed by atoms with Gasteiger partial charge >= 0.3 is 5.63 Å². The standard InChI is InChI=1S/C22H14ClN3O3S/c23-13-7-3-1-5-11(13)16-17-19(12-6-2-4-8-14(12)29-22(17)28)25-20-18(16)21(27)24-15-9-10-30-26(15)20/h1-8,16,25H,9-10H2. The summed E-state index contributed by atoms with van der Waals surface area (Å²) < 4.78 is 7.59. The Labute approximate surface area is 179 Å². The summed E-state index contributed by atoms with van der Waals surface area (Å²) in [6.07, 6.45) is 0.718. The topological polar surface area (TPSA) is 77.1 Å². The van der Waals surface area contributed by atoms with Crippen LogP contribution in [0, 0.1) is 0 Å². The van der Waals surface area contributed by atoms with Crippen LogP contribution in [0.25, 0.3) is 11.0 Å². The van der Waals surface area contributed by atoms with Gasteiger partial charge in [0.15, 0.2) is 0 Å². The fraction of sp³-hybridized carbons (Fsp3) is 0.136. The molecule has 1 unspecified atom stereocenters. The van der Waals surface area contributed by atoms with E-state index in [1.807, 2.05) is 40.4 Å². The average molecular weight is 436 g/mol. The quantitative estimate of drug-likeness (QED) is 0.396. The Hall–Kier alpha value is -3.03. The van der Waals surface area contributed by atoms with Gasteiger partial charge in [-0.25, -0.2) is 4.79 Å². The molecule has 0 spiro atoms. The first-order valence-corrected chi connectivity index (χ1v) is 10.8. The van der Waals surface area contributed by atoms with Gasteiger partial charge in [-0.05, 0) is 35.7 Å². The van der Waals surface area contributed by atoms with Crippen molar-refractivity contribution >= 4 is 46.0 Å². The van der Waals surface area contributed by atoms with Crippen molar-refractivity contribution in [3.05, 3.63) is 96.8 Å². The van der Waals surface area contributed by atoms with Crippen LogP contribution in [0.3, 0.4) is 0 Å². The lowest BCUT2D eigenvalue weighted by Gasteiger charge is -2.30. The third-order valence-electron chi connectivity index (χ3n) is 5.58. The maximum Gasteiger partial charge on any atom is 0.342 e. The van der Waals surface area contributed by atoms with Gasteiger partial charge in [0, 0.05) is 22.6 Å².